The monoisotopic (exact) mass is 307 g/mol. The third-order valence-electron chi connectivity index (χ3n) is 3.15. The van der Waals surface area contributed by atoms with Crippen LogP contribution in [0.25, 0.3) is 0 Å². The maximum atomic E-state index is 13.5. The van der Waals surface area contributed by atoms with Crippen molar-refractivity contribution in [2.45, 2.75) is 13.0 Å². The number of rotatable bonds is 4. The van der Waals surface area contributed by atoms with Crippen molar-refractivity contribution in [2.24, 2.45) is 0 Å². The predicted molar refractivity (Wildman–Crippen MR) is 81.2 cm³/mol. The number of para-hydroxylation sites is 1. The second-order valence-corrected chi connectivity index (χ2v) is 4.98. The molecule has 0 aromatic heterocycles. The fraction of sp³-hybridized carbons (Fsp3) is 0.188. The number of anilines is 1. The van der Waals surface area contributed by atoms with Crippen molar-refractivity contribution in [3.05, 3.63) is 64.4 Å². The third kappa shape index (κ3) is 3.52. The quantitative estimate of drug-likeness (QED) is 0.849. The molecule has 1 N–H and O–H groups in total. The van der Waals surface area contributed by atoms with Crippen LogP contribution in [0.1, 0.15) is 28.9 Å². The standard InChI is InChI=1S/C16H15ClFNO2/c1-10(11-7-8-13(17)14(18)9-11)19-15-6-4-3-5-12(15)16(20)21-2/h3-10,19H,1-2H3. The van der Waals surface area contributed by atoms with Crippen LogP contribution in [0.5, 0.6) is 0 Å². The summed E-state index contributed by atoms with van der Waals surface area (Å²) in [7, 11) is 1.33. The average molecular weight is 308 g/mol. The van der Waals surface area contributed by atoms with Gasteiger partial charge in [0.2, 0.25) is 0 Å². The predicted octanol–water partition coefficient (Wildman–Crippen LogP) is 4.44. The van der Waals surface area contributed by atoms with Crippen LogP contribution in [-0.4, -0.2) is 13.1 Å². The number of nitrogens with one attached hydrogen (secondary N) is 1. The number of hydrogen-bond donors (Lipinski definition) is 1. The van der Waals surface area contributed by atoms with Gasteiger partial charge in [-0.25, -0.2) is 9.18 Å². The highest BCUT2D eigenvalue weighted by molar-refractivity contribution is 6.30. The van der Waals surface area contributed by atoms with Crippen molar-refractivity contribution in [2.75, 3.05) is 12.4 Å². The van der Waals surface area contributed by atoms with Crippen LogP contribution >= 0.6 is 11.6 Å². The molecule has 0 heterocycles. The molecule has 0 aliphatic carbocycles. The first kappa shape index (κ1) is 15.3. The number of methoxy groups -OCH3 is 1. The Kier molecular flexibility index (Phi) is 4.81. The van der Waals surface area contributed by atoms with E-state index in [2.05, 4.69) is 5.32 Å². The minimum atomic E-state index is -0.468. The molecule has 3 nitrogen and oxygen atoms in total. The van der Waals surface area contributed by atoms with Gasteiger partial charge in [0.1, 0.15) is 5.82 Å². The molecule has 0 fully saturated rings. The Bertz CT molecular complexity index is 660. The highest BCUT2D eigenvalue weighted by Crippen LogP contribution is 2.25. The molecule has 2 aromatic carbocycles. The van der Waals surface area contributed by atoms with Crippen molar-refractivity contribution in [3.63, 3.8) is 0 Å². The fourth-order valence-corrected chi connectivity index (χ4v) is 2.11. The fourth-order valence-electron chi connectivity index (χ4n) is 2.00. The molecule has 21 heavy (non-hydrogen) atoms. The molecule has 1 unspecified atom stereocenters. The molecule has 0 radical (unpaired) electrons. The van der Waals surface area contributed by atoms with Crippen molar-refractivity contribution >= 4 is 23.3 Å². The topological polar surface area (TPSA) is 38.3 Å². The highest BCUT2D eigenvalue weighted by atomic mass is 35.5. The lowest BCUT2D eigenvalue weighted by atomic mass is 10.1. The molecule has 0 aliphatic rings. The first-order chi connectivity index (χ1) is 10.0. The summed E-state index contributed by atoms with van der Waals surface area (Å²) in [5, 5.41) is 3.26. The maximum Gasteiger partial charge on any atom is 0.339 e. The number of esters is 1. The summed E-state index contributed by atoms with van der Waals surface area (Å²) < 4.78 is 18.2. The van der Waals surface area contributed by atoms with Gasteiger partial charge < -0.3 is 10.1 Å². The molecule has 0 saturated carbocycles. The van der Waals surface area contributed by atoms with E-state index in [0.717, 1.165) is 5.56 Å². The van der Waals surface area contributed by atoms with Gasteiger partial charge in [0.15, 0.2) is 0 Å². The number of carbonyl (C=O) groups is 1. The molecule has 0 spiro atoms. The van der Waals surface area contributed by atoms with E-state index in [1.54, 1.807) is 24.3 Å². The van der Waals surface area contributed by atoms with Crippen LogP contribution < -0.4 is 5.32 Å². The molecule has 0 aliphatic heterocycles. The lowest BCUT2D eigenvalue weighted by molar-refractivity contribution is 0.0602. The zero-order chi connectivity index (χ0) is 15.4. The summed E-state index contributed by atoms with van der Waals surface area (Å²) in [6, 6.07) is 11.4. The van der Waals surface area contributed by atoms with Crippen LogP contribution in [0.15, 0.2) is 42.5 Å². The molecule has 0 saturated heterocycles. The maximum absolute atomic E-state index is 13.5. The minimum Gasteiger partial charge on any atom is -0.465 e. The van der Waals surface area contributed by atoms with Gasteiger partial charge in [0.05, 0.1) is 17.7 Å². The van der Waals surface area contributed by atoms with Crippen LogP contribution in [0.4, 0.5) is 10.1 Å². The Morgan fingerprint density at radius 3 is 2.67 bits per heavy atom. The van der Waals surface area contributed by atoms with E-state index in [1.807, 2.05) is 13.0 Å². The Morgan fingerprint density at radius 2 is 2.00 bits per heavy atom. The Labute approximate surface area is 127 Å². The second kappa shape index (κ2) is 6.59. The molecule has 2 aromatic rings. The molecular formula is C16H15ClFNO2. The SMILES string of the molecule is COC(=O)c1ccccc1NC(C)c1ccc(Cl)c(F)c1. The summed E-state index contributed by atoms with van der Waals surface area (Å²) >= 11 is 5.67. The molecule has 110 valence electrons. The molecular weight excluding hydrogens is 293 g/mol. The van der Waals surface area contributed by atoms with Gasteiger partial charge in [0, 0.05) is 11.7 Å². The Morgan fingerprint density at radius 1 is 1.29 bits per heavy atom. The van der Waals surface area contributed by atoms with Gasteiger partial charge in [-0.15, -0.1) is 0 Å². The molecule has 0 amide bonds. The van der Waals surface area contributed by atoms with Gasteiger partial charge in [0.25, 0.3) is 0 Å². The van der Waals surface area contributed by atoms with Gasteiger partial charge in [-0.05, 0) is 36.8 Å². The van der Waals surface area contributed by atoms with Crippen molar-refractivity contribution in [1.29, 1.82) is 0 Å². The van der Waals surface area contributed by atoms with E-state index >= 15 is 0 Å². The van der Waals surface area contributed by atoms with Crippen LogP contribution in [0.3, 0.4) is 0 Å². The zero-order valence-electron chi connectivity index (χ0n) is 11.7. The Hall–Kier alpha value is -2.07. The Balaban J connectivity index is 2.25. The summed E-state index contributed by atoms with van der Waals surface area (Å²) in [5.41, 5.74) is 1.80. The number of ether oxygens (including phenoxy) is 1. The third-order valence-corrected chi connectivity index (χ3v) is 3.45. The van der Waals surface area contributed by atoms with E-state index in [4.69, 9.17) is 16.3 Å². The van der Waals surface area contributed by atoms with Crippen LogP contribution in [0, 0.1) is 5.82 Å². The molecule has 1 atom stereocenters. The number of benzene rings is 2. The first-order valence-electron chi connectivity index (χ1n) is 6.41. The number of hydrogen-bond acceptors (Lipinski definition) is 3. The van der Waals surface area contributed by atoms with E-state index < -0.39 is 11.8 Å². The first-order valence-corrected chi connectivity index (χ1v) is 6.79. The van der Waals surface area contributed by atoms with E-state index in [1.165, 1.54) is 19.2 Å². The van der Waals surface area contributed by atoms with Crippen molar-refractivity contribution < 1.29 is 13.9 Å². The van der Waals surface area contributed by atoms with Crippen molar-refractivity contribution in [1.82, 2.24) is 0 Å². The van der Waals surface area contributed by atoms with Gasteiger partial charge >= 0.3 is 5.97 Å². The van der Waals surface area contributed by atoms with Crippen LogP contribution in [-0.2, 0) is 4.74 Å². The largest absolute Gasteiger partial charge is 0.465 e. The second-order valence-electron chi connectivity index (χ2n) is 4.58. The van der Waals surface area contributed by atoms with E-state index in [0.29, 0.717) is 11.3 Å². The van der Waals surface area contributed by atoms with Gasteiger partial charge in [-0.1, -0.05) is 29.8 Å². The summed E-state index contributed by atoms with van der Waals surface area (Å²) in [4.78, 5) is 11.7. The number of carbonyl (C=O) groups excluding carboxylic acids is 1. The average Bonchev–Trinajstić information content (AvgIpc) is 2.49. The highest BCUT2D eigenvalue weighted by Gasteiger charge is 2.14. The van der Waals surface area contributed by atoms with E-state index in [-0.39, 0.29) is 11.1 Å². The van der Waals surface area contributed by atoms with E-state index in [9.17, 15) is 9.18 Å². The van der Waals surface area contributed by atoms with Gasteiger partial charge in [-0.2, -0.15) is 0 Å². The molecule has 2 rings (SSSR count). The summed E-state index contributed by atoms with van der Waals surface area (Å²) in [6.45, 7) is 1.87. The lowest BCUT2D eigenvalue weighted by Crippen LogP contribution is -2.11. The van der Waals surface area contributed by atoms with Gasteiger partial charge in [-0.3, -0.25) is 0 Å². The molecule has 0 bridgehead atoms. The van der Waals surface area contributed by atoms with Crippen molar-refractivity contribution in [3.8, 4) is 0 Å². The summed E-state index contributed by atoms with van der Waals surface area (Å²) in [5.74, 6) is -0.892. The summed E-state index contributed by atoms with van der Waals surface area (Å²) in [6.07, 6.45) is 0. The number of halogens is 2. The smallest absolute Gasteiger partial charge is 0.339 e. The zero-order valence-corrected chi connectivity index (χ0v) is 12.4. The molecule has 5 heteroatoms. The lowest BCUT2D eigenvalue weighted by Gasteiger charge is -2.18. The normalized spacial score (nSPS) is 11.8. The van der Waals surface area contributed by atoms with Crippen LogP contribution in [0.2, 0.25) is 5.02 Å². The minimum absolute atomic E-state index is 0.0842.